The van der Waals surface area contributed by atoms with Crippen LogP contribution >= 0.6 is 0 Å². The van der Waals surface area contributed by atoms with Crippen LogP contribution in [0.4, 0.5) is 0 Å². The molecule has 142 valence electrons. The molecule has 0 aromatic carbocycles. The summed E-state index contributed by atoms with van der Waals surface area (Å²) in [4.78, 5) is 14.1. The maximum absolute atomic E-state index is 11.6. The number of carbonyl (C=O) groups excluding carboxylic acids is 1. The SMILES string of the molecule is CC(=O)N[C@@H]1C[C@@H]2CN(C/C=C/c3ccco3)C[C@@H]2C[C@H]1OCC1CC1. The van der Waals surface area contributed by atoms with E-state index in [1.165, 1.54) is 12.8 Å². The number of likely N-dealkylation sites (tertiary alicyclic amines) is 1. The summed E-state index contributed by atoms with van der Waals surface area (Å²) in [5.74, 6) is 3.06. The Morgan fingerprint density at radius 1 is 1.35 bits per heavy atom. The van der Waals surface area contributed by atoms with Crippen molar-refractivity contribution in [1.29, 1.82) is 0 Å². The number of furan rings is 1. The minimum atomic E-state index is 0.0599. The van der Waals surface area contributed by atoms with Crippen molar-refractivity contribution in [3.05, 3.63) is 30.2 Å². The maximum atomic E-state index is 11.6. The number of rotatable bonds is 7. The normalized spacial score (nSPS) is 32.0. The first-order chi connectivity index (χ1) is 12.7. The highest BCUT2D eigenvalue weighted by atomic mass is 16.5. The molecule has 1 aromatic heterocycles. The molecular formula is C21H30N2O3. The van der Waals surface area contributed by atoms with Crippen molar-refractivity contribution in [3.63, 3.8) is 0 Å². The molecule has 5 heteroatoms. The Morgan fingerprint density at radius 2 is 2.15 bits per heavy atom. The van der Waals surface area contributed by atoms with Gasteiger partial charge in [0, 0.05) is 33.2 Å². The molecule has 1 saturated heterocycles. The van der Waals surface area contributed by atoms with Gasteiger partial charge in [-0.3, -0.25) is 9.69 Å². The fraction of sp³-hybridized carbons (Fsp3) is 0.667. The van der Waals surface area contributed by atoms with Gasteiger partial charge in [0.15, 0.2) is 0 Å². The van der Waals surface area contributed by atoms with Crippen LogP contribution in [0.15, 0.2) is 28.9 Å². The van der Waals surface area contributed by atoms with Gasteiger partial charge in [-0.2, -0.15) is 0 Å². The Balaban J connectivity index is 1.32. The molecule has 1 N–H and O–H groups in total. The highest BCUT2D eigenvalue weighted by Gasteiger charge is 2.43. The number of nitrogens with zero attached hydrogens (tertiary/aromatic N) is 1. The molecule has 1 amide bonds. The highest BCUT2D eigenvalue weighted by molar-refractivity contribution is 5.73. The fourth-order valence-corrected chi connectivity index (χ4v) is 4.50. The van der Waals surface area contributed by atoms with Crippen LogP contribution in [-0.2, 0) is 9.53 Å². The Morgan fingerprint density at radius 3 is 2.85 bits per heavy atom. The fourth-order valence-electron chi connectivity index (χ4n) is 4.50. The van der Waals surface area contributed by atoms with E-state index >= 15 is 0 Å². The molecule has 4 rings (SSSR count). The zero-order valence-corrected chi connectivity index (χ0v) is 15.6. The highest BCUT2D eigenvalue weighted by Crippen LogP contribution is 2.38. The molecule has 0 bridgehead atoms. The summed E-state index contributed by atoms with van der Waals surface area (Å²) in [6, 6.07) is 4.06. The maximum Gasteiger partial charge on any atom is 0.217 e. The Hall–Kier alpha value is -1.59. The van der Waals surface area contributed by atoms with E-state index in [1.807, 2.05) is 18.2 Å². The predicted molar refractivity (Wildman–Crippen MR) is 100 cm³/mol. The number of hydrogen-bond acceptors (Lipinski definition) is 4. The molecule has 1 aromatic rings. The summed E-state index contributed by atoms with van der Waals surface area (Å²) in [6.07, 6.45) is 10.8. The lowest BCUT2D eigenvalue weighted by atomic mass is 9.77. The van der Waals surface area contributed by atoms with E-state index in [0.717, 1.165) is 50.8 Å². The molecule has 5 nitrogen and oxygen atoms in total. The van der Waals surface area contributed by atoms with Gasteiger partial charge in [-0.1, -0.05) is 6.08 Å². The smallest absolute Gasteiger partial charge is 0.217 e. The van der Waals surface area contributed by atoms with E-state index in [2.05, 4.69) is 16.3 Å². The molecule has 2 heterocycles. The predicted octanol–water partition coefficient (Wildman–Crippen LogP) is 2.93. The quantitative estimate of drug-likeness (QED) is 0.814. The number of hydrogen-bond donors (Lipinski definition) is 1. The summed E-state index contributed by atoms with van der Waals surface area (Å²) in [7, 11) is 0. The number of fused-ring (bicyclic) bond motifs is 1. The third-order valence-corrected chi connectivity index (χ3v) is 6.01. The van der Waals surface area contributed by atoms with Crippen molar-refractivity contribution in [2.45, 2.75) is 44.8 Å². The van der Waals surface area contributed by atoms with Gasteiger partial charge >= 0.3 is 0 Å². The third kappa shape index (κ3) is 4.57. The molecule has 3 aliphatic rings. The number of amides is 1. The molecule has 2 aliphatic carbocycles. The first kappa shape index (κ1) is 17.8. The van der Waals surface area contributed by atoms with Gasteiger partial charge in [0.1, 0.15) is 5.76 Å². The minimum absolute atomic E-state index is 0.0599. The molecule has 0 radical (unpaired) electrons. The van der Waals surface area contributed by atoms with Gasteiger partial charge in [0.2, 0.25) is 5.91 Å². The lowest BCUT2D eigenvalue weighted by Gasteiger charge is -2.38. The van der Waals surface area contributed by atoms with E-state index in [4.69, 9.17) is 9.15 Å². The molecule has 3 fully saturated rings. The summed E-state index contributed by atoms with van der Waals surface area (Å²) >= 11 is 0. The molecule has 0 spiro atoms. The summed E-state index contributed by atoms with van der Waals surface area (Å²) in [6.45, 7) is 5.67. The number of carbonyl (C=O) groups is 1. The Kier molecular flexibility index (Phi) is 5.46. The van der Waals surface area contributed by atoms with Crippen LogP contribution < -0.4 is 5.32 Å². The summed E-state index contributed by atoms with van der Waals surface area (Å²) in [5, 5.41) is 3.16. The first-order valence-corrected chi connectivity index (χ1v) is 9.98. The van der Waals surface area contributed by atoms with Crippen LogP contribution in [-0.4, -0.2) is 49.2 Å². The van der Waals surface area contributed by atoms with Gasteiger partial charge in [-0.05, 0) is 61.6 Å². The first-order valence-electron chi connectivity index (χ1n) is 9.98. The van der Waals surface area contributed by atoms with Crippen LogP contribution in [0.1, 0.15) is 38.4 Å². The zero-order chi connectivity index (χ0) is 17.9. The summed E-state index contributed by atoms with van der Waals surface area (Å²) < 4.78 is 11.6. The minimum Gasteiger partial charge on any atom is -0.465 e. The van der Waals surface area contributed by atoms with E-state index < -0.39 is 0 Å². The summed E-state index contributed by atoms with van der Waals surface area (Å²) in [5.41, 5.74) is 0. The zero-order valence-electron chi connectivity index (χ0n) is 15.6. The number of ether oxygens (including phenoxy) is 1. The van der Waals surface area contributed by atoms with E-state index in [-0.39, 0.29) is 18.1 Å². The van der Waals surface area contributed by atoms with Crippen molar-refractivity contribution >= 4 is 12.0 Å². The van der Waals surface area contributed by atoms with Crippen molar-refractivity contribution in [3.8, 4) is 0 Å². The van der Waals surface area contributed by atoms with Gasteiger partial charge in [-0.15, -0.1) is 0 Å². The monoisotopic (exact) mass is 358 g/mol. The van der Waals surface area contributed by atoms with Crippen LogP contribution in [0, 0.1) is 17.8 Å². The Labute approximate surface area is 155 Å². The molecular weight excluding hydrogens is 328 g/mol. The van der Waals surface area contributed by atoms with Crippen LogP contribution in [0.25, 0.3) is 6.08 Å². The average Bonchev–Trinajstić information content (AvgIpc) is 3.12. The standard InChI is InChI=1S/C21H30N2O3/c1-15(24)22-20-10-17-12-23(8-2-4-19-5-3-9-25-19)13-18(17)11-21(20)26-14-16-6-7-16/h2-5,9,16-18,20-21H,6-8,10-14H2,1H3,(H,22,24)/b4-2+/t17-,18+,20-,21-/m1/s1. The third-order valence-electron chi connectivity index (χ3n) is 6.01. The average molecular weight is 358 g/mol. The second-order valence-electron chi connectivity index (χ2n) is 8.25. The van der Waals surface area contributed by atoms with Gasteiger partial charge in [-0.25, -0.2) is 0 Å². The lowest BCUT2D eigenvalue weighted by molar-refractivity contribution is -0.122. The van der Waals surface area contributed by atoms with Crippen molar-refractivity contribution in [2.24, 2.45) is 17.8 Å². The van der Waals surface area contributed by atoms with E-state index in [0.29, 0.717) is 11.8 Å². The van der Waals surface area contributed by atoms with Crippen LogP contribution in [0.3, 0.4) is 0 Å². The van der Waals surface area contributed by atoms with Crippen molar-refractivity contribution in [1.82, 2.24) is 10.2 Å². The topological polar surface area (TPSA) is 54.7 Å². The lowest BCUT2D eigenvalue weighted by Crippen LogP contribution is -2.50. The van der Waals surface area contributed by atoms with Crippen LogP contribution in [0.2, 0.25) is 0 Å². The molecule has 1 aliphatic heterocycles. The second-order valence-corrected chi connectivity index (χ2v) is 8.25. The molecule has 2 saturated carbocycles. The molecule has 4 atom stereocenters. The van der Waals surface area contributed by atoms with Crippen molar-refractivity contribution < 1.29 is 13.9 Å². The second kappa shape index (κ2) is 7.97. The van der Waals surface area contributed by atoms with Gasteiger partial charge < -0.3 is 14.5 Å². The largest absolute Gasteiger partial charge is 0.465 e. The Bertz CT molecular complexity index is 623. The number of nitrogens with one attached hydrogen (secondary N) is 1. The molecule has 26 heavy (non-hydrogen) atoms. The van der Waals surface area contributed by atoms with E-state index in [9.17, 15) is 4.79 Å². The van der Waals surface area contributed by atoms with Gasteiger partial charge in [0.05, 0.1) is 18.4 Å². The van der Waals surface area contributed by atoms with Crippen LogP contribution in [0.5, 0.6) is 0 Å². The molecule has 0 unspecified atom stereocenters. The van der Waals surface area contributed by atoms with E-state index in [1.54, 1.807) is 13.2 Å². The van der Waals surface area contributed by atoms with Crippen molar-refractivity contribution in [2.75, 3.05) is 26.2 Å². The van der Waals surface area contributed by atoms with Gasteiger partial charge in [0.25, 0.3) is 0 Å².